The molecule has 0 atom stereocenters. The van der Waals surface area contributed by atoms with Crippen molar-refractivity contribution in [2.45, 2.75) is 77.7 Å². The Kier molecular flexibility index (Phi) is 10.1. The molecule has 0 amide bonds. The van der Waals surface area contributed by atoms with Crippen LogP contribution in [0.25, 0.3) is 22.6 Å². The van der Waals surface area contributed by atoms with Gasteiger partial charge in [0.1, 0.15) is 5.82 Å². The van der Waals surface area contributed by atoms with E-state index in [2.05, 4.69) is 40.7 Å². The first-order chi connectivity index (χ1) is 20.3. The van der Waals surface area contributed by atoms with E-state index in [4.69, 9.17) is 16.6 Å². The molecule has 5 rings (SSSR count). The summed E-state index contributed by atoms with van der Waals surface area (Å²) in [7, 11) is 0. The van der Waals surface area contributed by atoms with Crippen LogP contribution in [0.3, 0.4) is 0 Å². The first-order valence-corrected chi connectivity index (χ1v) is 15.5. The average Bonchev–Trinajstić information content (AvgIpc) is 3.35. The third-order valence-electron chi connectivity index (χ3n) is 8.28. The fraction of sp³-hybridized carbons (Fsp3) is 0.400. The molecule has 1 aliphatic carbocycles. The number of halogens is 4. The Morgan fingerprint density at radius 2 is 1.52 bits per heavy atom. The number of benzene rings is 3. The van der Waals surface area contributed by atoms with Gasteiger partial charge in [0.2, 0.25) is 0 Å². The third-order valence-corrected chi connectivity index (χ3v) is 8.73. The summed E-state index contributed by atoms with van der Waals surface area (Å²) in [6.45, 7) is 4.71. The van der Waals surface area contributed by atoms with Crippen LogP contribution in [0.2, 0.25) is 5.02 Å². The number of aromatic nitrogens is 2. The Morgan fingerprint density at radius 3 is 2.17 bits per heavy atom. The van der Waals surface area contributed by atoms with Crippen LogP contribution in [0.5, 0.6) is 0 Å². The summed E-state index contributed by atoms with van der Waals surface area (Å²) in [5.41, 5.74) is 3.84. The molecule has 0 bridgehead atoms. The summed E-state index contributed by atoms with van der Waals surface area (Å²) in [5, 5.41) is -0.202. The van der Waals surface area contributed by atoms with Crippen LogP contribution in [0.4, 0.5) is 13.2 Å². The van der Waals surface area contributed by atoms with E-state index in [0.717, 1.165) is 73.2 Å². The van der Waals surface area contributed by atoms with Crippen LogP contribution < -0.4 is 0 Å². The first kappa shape index (κ1) is 30.4. The number of imidazole rings is 1. The highest BCUT2D eigenvalue weighted by atomic mass is 35.5. The summed E-state index contributed by atoms with van der Waals surface area (Å²) >= 11 is 6.43. The molecule has 1 aliphatic rings. The molecule has 7 heteroatoms. The normalized spacial score (nSPS) is 14.5. The standard InChI is InChI=1S/C35H39ClF3N3/c1-2-3-22-42-31(33(27-16-9-5-10-17-27)40-34(42)28-18-11-6-12-19-28)25-41(23-26-14-7-4-8-15-26)24-29-20-13-21-30(32(29)36)35(37,38)39/h5-6,9-13,16-21,26H,2-4,7-8,14-15,22-25H2,1H3. The fourth-order valence-corrected chi connectivity index (χ4v) is 6.42. The van der Waals surface area contributed by atoms with E-state index in [-0.39, 0.29) is 5.02 Å². The molecule has 0 spiro atoms. The third kappa shape index (κ3) is 7.27. The molecule has 1 aromatic heterocycles. The maximum absolute atomic E-state index is 13.8. The monoisotopic (exact) mass is 593 g/mol. The Bertz CT molecular complexity index is 1430. The van der Waals surface area contributed by atoms with Gasteiger partial charge in [-0.2, -0.15) is 13.2 Å². The number of alkyl halides is 3. The van der Waals surface area contributed by atoms with Gasteiger partial charge >= 0.3 is 6.18 Å². The van der Waals surface area contributed by atoms with Gasteiger partial charge in [-0.25, -0.2) is 4.98 Å². The van der Waals surface area contributed by atoms with Crippen molar-refractivity contribution in [2.24, 2.45) is 5.92 Å². The van der Waals surface area contributed by atoms with Crippen molar-refractivity contribution in [3.63, 3.8) is 0 Å². The van der Waals surface area contributed by atoms with E-state index in [0.29, 0.717) is 24.6 Å². The van der Waals surface area contributed by atoms with Crippen molar-refractivity contribution >= 4 is 11.6 Å². The lowest BCUT2D eigenvalue weighted by atomic mass is 9.88. The van der Waals surface area contributed by atoms with Crippen molar-refractivity contribution in [1.82, 2.24) is 14.5 Å². The Balaban J connectivity index is 1.60. The fourth-order valence-electron chi connectivity index (χ4n) is 6.13. The summed E-state index contributed by atoms with van der Waals surface area (Å²) < 4.78 is 43.6. The molecule has 0 saturated heterocycles. The summed E-state index contributed by atoms with van der Waals surface area (Å²) in [4.78, 5) is 7.54. The van der Waals surface area contributed by atoms with E-state index in [1.165, 1.54) is 25.3 Å². The molecule has 0 radical (unpaired) electrons. The van der Waals surface area contributed by atoms with Gasteiger partial charge in [-0.15, -0.1) is 0 Å². The number of nitrogens with zero attached hydrogens (tertiary/aromatic N) is 3. The molecule has 0 N–H and O–H groups in total. The van der Waals surface area contributed by atoms with Crippen LogP contribution in [0.1, 0.15) is 68.7 Å². The number of hydrogen-bond donors (Lipinski definition) is 0. The second-order valence-corrected chi connectivity index (χ2v) is 11.8. The van der Waals surface area contributed by atoms with Gasteiger partial charge in [-0.1, -0.05) is 117 Å². The molecular formula is C35H39ClF3N3. The summed E-state index contributed by atoms with van der Waals surface area (Å²) in [6, 6.07) is 24.7. The van der Waals surface area contributed by atoms with Crippen LogP contribution in [-0.2, 0) is 25.8 Å². The van der Waals surface area contributed by atoms with Gasteiger partial charge in [0.15, 0.2) is 0 Å². The molecule has 1 saturated carbocycles. The lowest BCUT2D eigenvalue weighted by molar-refractivity contribution is -0.137. The molecular weight excluding hydrogens is 555 g/mol. The zero-order valence-corrected chi connectivity index (χ0v) is 25.0. The van der Waals surface area contributed by atoms with E-state index < -0.39 is 11.7 Å². The molecule has 222 valence electrons. The second-order valence-electron chi connectivity index (χ2n) is 11.4. The highest BCUT2D eigenvalue weighted by Crippen LogP contribution is 2.38. The van der Waals surface area contributed by atoms with Crippen molar-refractivity contribution in [3.05, 3.63) is 101 Å². The maximum Gasteiger partial charge on any atom is 0.417 e. The van der Waals surface area contributed by atoms with Crippen molar-refractivity contribution in [1.29, 1.82) is 0 Å². The second kappa shape index (κ2) is 13.9. The number of rotatable bonds is 11. The summed E-state index contributed by atoms with van der Waals surface area (Å²) in [6.07, 6.45) is 3.47. The number of hydrogen-bond acceptors (Lipinski definition) is 2. The molecule has 42 heavy (non-hydrogen) atoms. The van der Waals surface area contributed by atoms with Crippen molar-refractivity contribution in [2.75, 3.05) is 6.54 Å². The van der Waals surface area contributed by atoms with Crippen LogP contribution in [0, 0.1) is 5.92 Å². The Morgan fingerprint density at radius 1 is 0.857 bits per heavy atom. The maximum atomic E-state index is 13.8. The molecule has 1 heterocycles. The lowest BCUT2D eigenvalue weighted by Crippen LogP contribution is -2.31. The summed E-state index contributed by atoms with van der Waals surface area (Å²) in [5.74, 6) is 1.43. The van der Waals surface area contributed by atoms with E-state index in [1.807, 2.05) is 36.4 Å². The predicted octanol–water partition coefficient (Wildman–Crippen LogP) is 10.3. The highest BCUT2D eigenvalue weighted by molar-refractivity contribution is 6.32. The average molecular weight is 594 g/mol. The molecule has 3 aromatic carbocycles. The van der Waals surface area contributed by atoms with Crippen LogP contribution in [-0.4, -0.2) is 21.0 Å². The van der Waals surface area contributed by atoms with Crippen LogP contribution in [0.15, 0.2) is 78.9 Å². The molecule has 4 aromatic rings. The van der Waals surface area contributed by atoms with Crippen LogP contribution >= 0.6 is 11.6 Å². The molecule has 1 fully saturated rings. The quantitative estimate of drug-likeness (QED) is 0.172. The molecule has 0 unspecified atom stereocenters. The zero-order valence-electron chi connectivity index (χ0n) is 24.2. The topological polar surface area (TPSA) is 21.1 Å². The smallest absolute Gasteiger partial charge is 0.326 e. The highest BCUT2D eigenvalue weighted by Gasteiger charge is 2.34. The molecule has 3 nitrogen and oxygen atoms in total. The van der Waals surface area contributed by atoms with Gasteiger partial charge in [0, 0.05) is 37.3 Å². The minimum Gasteiger partial charge on any atom is -0.326 e. The van der Waals surface area contributed by atoms with E-state index in [9.17, 15) is 13.2 Å². The van der Waals surface area contributed by atoms with Gasteiger partial charge in [-0.3, -0.25) is 4.90 Å². The van der Waals surface area contributed by atoms with E-state index in [1.54, 1.807) is 6.07 Å². The Hall–Kier alpha value is -3.09. The van der Waals surface area contributed by atoms with Gasteiger partial charge in [-0.05, 0) is 36.8 Å². The van der Waals surface area contributed by atoms with Crippen molar-refractivity contribution in [3.8, 4) is 22.6 Å². The largest absolute Gasteiger partial charge is 0.417 e. The van der Waals surface area contributed by atoms with E-state index >= 15 is 0 Å². The van der Waals surface area contributed by atoms with Gasteiger partial charge in [0.25, 0.3) is 0 Å². The van der Waals surface area contributed by atoms with Gasteiger partial charge < -0.3 is 4.57 Å². The minimum atomic E-state index is -4.49. The van der Waals surface area contributed by atoms with Gasteiger partial charge in [0.05, 0.1) is 22.0 Å². The zero-order chi connectivity index (χ0) is 29.5. The Labute approximate surface area is 252 Å². The number of unbranched alkanes of at least 4 members (excludes halogenated alkanes) is 1. The SMILES string of the molecule is CCCCn1c(-c2ccccc2)nc(-c2ccccc2)c1CN(Cc1cccc(C(F)(F)F)c1Cl)CC1CCCCC1. The lowest BCUT2D eigenvalue weighted by Gasteiger charge is -2.31. The van der Waals surface area contributed by atoms with Crippen molar-refractivity contribution < 1.29 is 13.2 Å². The first-order valence-electron chi connectivity index (χ1n) is 15.1. The predicted molar refractivity (Wildman–Crippen MR) is 165 cm³/mol. The molecule has 0 aliphatic heterocycles. The minimum absolute atomic E-state index is 0.202.